The topological polar surface area (TPSA) is 28.5 Å². The van der Waals surface area contributed by atoms with Gasteiger partial charge in [-0.2, -0.15) is 0 Å². The first-order valence-corrected chi connectivity index (χ1v) is 11.0. The third-order valence-corrected chi connectivity index (χ3v) is 6.27. The van der Waals surface area contributed by atoms with Crippen LogP contribution in [-0.4, -0.2) is 23.8 Å². The van der Waals surface area contributed by atoms with Crippen molar-refractivity contribution in [3.05, 3.63) is 83.6 Å². The maximum Gasteiger partial charge on any atom is 0.135 e. The van der Waals surface area contributed by atoms with Crippen molar-refractivity contribution >= 4 is 11.5 Å². The Morgan fingerprint density at radius 3 is 2.19 bits per heavy atom. The van der Waals surface area contributed by atoms with E-state index in [4.69, 9.17) is 0 Å². The molecular formula is C26H25F2N3. The minimum atomic E-state index is -0.546. The molecule has 0 amide bonds. The van der Waals surface area contributed by atoms with Crippen molar-refractivity contribution < 1.29 is 8.78 Å². The first-order valence-electron chi connectivity index (χ1n) is 11.0. The van der Waals surface area contributed by atoms with Crippen molar-refractivity contribution in [1.29, 1.82) is 0 Å². The predicted molar refractivity (Wildman–Crippen MR) is 121 cm³/mol. The maximum atomic E-state index is 14.1. The predicted octanol–water partition coefficient (Wildman–Crippen LogP) is 6.34. The molecule has 0 spiro atoms. The fourth-order valence-corrected chi connectivity index (χ4v) is 4.56. The number of nitrogens with zero attached hydrogens (tertiary/aromatic N) is 3. The number of halogens is 2. The Balaban J connectivity index is 1.32. The lowest BCUT2D eigenvalue weighted by molar-refractivity contribution is 0.573. The Morgan fingerprint density at radius 2 is 1.52 bits per heavy atom. The molecule has 2 aliphatic rings. The van der Waals surface area contributed by atoms with Gasteiger partial charge in [0.2, 0.25) is 0 Å². The normalized spacial score (nSPS) is 18.8. The molecule has 3 heterocycles. The number of aliphatic imine (C=N–C) groups is 1. The Hall–Kier alpha value is -3.08. The Kier molecular flexibility index (Phi) is 5.49. The van der Waals surface area contributed by atoms with Crippen LogP contribution in [0, 0.1) is 11.6 Å². The zero-order chi connectivity index (χ0) is 21.2. The summed E-state index contributed by atoms with van der Waals surface area (Å²) in [5, 5.41) is 0. The van der Waals surface area contributed by atoms with E-state index in [1.807, 2.05) is 6.20 Å². The molecule has 0 saturated carbocycles. The van der Waals surface area contributed by atoms with Gasteiger partial charge < -0.3 is 4.90 Å². The van der Waals surface area contributed by atoms with Crippen molar-refractivity contribution in [2.45, 2.75) is 38.1 Å². The van der Waals surface area contributed by atoms with Gasteiger partial charge in [0.15, 0.2) is 0 Å². The summed E-state index contributed by atoms with van der Waals surface area (Å²) in [5.41, 5.74) is 3.78. The van der Waals surface area contributed by atoms with Crippen LogP contribution in [0.4, 0.5) is 14.6 Å². The average Bonchev–Trinajstić information content (AvgIpc) is 3.30. The van der Waals surface area contributed by atoms with Crippen LogP contribution in [-0.2, 0) is 0 Å². The molecule has 5 heteroatoms. The average molecular weight is 418 g/mol. The Morgan fingerprint density at radius 1 is 0.806 bits per heavy atom. The molecule has 0 radical (unpaired) electrons. The summed E-state index contributed by atoms with van der Waals surface area (Å²) < 4.78 is 28.2. The zero-order valence-corrected chi connectivity index (χ0v) is 17.4. The molecule has 0 bridgehead atoms. The van der Waals surface area contributed by atoms with Crippen LogP contribution in [0.1, 0.15) is 49.3 Å². The molecule has 1 aromatic heterocycles. The molecule has 3 nitrogen and oxygen atoms in total. The van der Waals surface area contributed by atoms with Gasteiger partial charge in [0.1, 0.15) is 17.5 Å². The second-order valence-corrected chi connectivity index (χ2v) is 8.30. The molecule has 0 aliphatic carbocycles. The quantitative estimate of drug-likeness (QED) is 0.495. The summed E-state index contributed by atoms with van der Waals surface area (Å²) >= 11 is 0. The number of aromatic nitrogens is 1. The van der Waals surface area contributed by atoms with Gasteiger partial charge in [0.05, 0.1) is 11.6 Å². The third-order valence-electron chi connectivity index (χ3n) is 6.27. The minimum Gasteiger partial charge on any atom is -0.357 e. The summed E-state index contributed by atoms with van der Waals surface area (Å²) in [6, 6.07) is 16.4. The molecule has 0 N–H and O–H groups in total. The molecule has 2 aromatic carbocycles. The highest BCUT2D eigenvalue weighted by Crippen LogP contribution is 2.33. The second kappa shape index (κ2) is 8.58. The zero-order valence-electron chi connectivity index (χ0n) is 17.4. The van der Waals surface area contributed by atoms with Gasteiger partial charge >= 0.3 is 0 Å². The van der Waals surface area contributed by atoms with Crippen LogP contribution in [0.5, 0.6) is 0 Å². The molecular weight excluding hydrogens is 392 g/mol. The third kappa shape index (κ3) is 4.09. The number of anilines is 1. The smallest absolute Gasteiger partial charge is 0.135 e. The molecule has 1 fully saturated rings. The Labute approximate surface area is 181 Å². The van der Waals surface area contributed by atoms with Gasteiger partial charge in [-0.1, -0.05) is 30.3 Å². The van der Waals surface area contributed by atoms with Gasteiger partial charge in [-0.15, -0.1) is 0 Å². The first-order chi connectivity index (χ1) is 15.2. The highest BCUT2D eigenvalue weighted by molar-refractivity contribution is 6.02. The van der Waals surface area contributed by atoms with Crippen LogP contribution in [0.3, 0.4) is 0 Å². The van der Waals surface area contributed by atoms with E-state index in [-0.39, 0.29) is 11.6 Å². The lowest BCUT2D eigenvalue weighted by atomic mass is 10.00. The number of hydrogen-bond donors (Lipinski definition) is 0. The van der Waals surface area contributed by atoms with Gasteiger partial charge in [-0.3, -0.25) is 4.99 Å². The first kappa shape index (κ1) is 19.9. The standard InChI is InChI=1S/C26H25F2N3/c27-21-5-4-6-22(28)26(21)24-13-12-23(30-24)19-9-7-18(8-10-19)20-11-14-25(29-17-20)31-15-2-1-3-16-31/h4-11,14,17,23H,1-3,12-13,15-16H2. The van der Waals surface area contributed by atoms with Crippen molar-refractivity contribution in [2.24, 2.45) is 4.99 Å². The molecule has 1 saturated heterocycles. The molecule has 3 aromatic rings. The fraction of sp³-hybridized carbons (Fsp3) is 0.308. The van der Waals surface area contributed by atoms with E-state index in [1.54, 1.807) is 0 Å². The lowest BCUT2D eigenvalue weighted by Crippen LogP contribution is -2.29. The SMILES string of the molecule is Fc1cccc(F)c1C1=NC(c2ccc(-c3ccc(N4CCCCC4)nc3)cc2)CC1. The summed E-state index contributed by atoms with van der Waals surface area (Å²) in [4.78, 5) is 11.7. The van der Waals surface area contributed by atoms with Gasteiger partial charge in [0.25, 0.3) is 0 Å². The molecule has 2 aliphatic heterocycles. The monoisotopic (exact) mass is 417 g/mol. The molecule has 5 rings (SSSR count). The van der Waals surface area contributed by atoms with E-state index >= 15 is 0 Å². The summed E-state index contributed by atoms with van der Waals surface area (Å²) in [6.07, 6.45) is 7.05. The van der Waals surface area contributed by atoms with Gasteiger partial charge in [-0.25, -0.2) is 13.8 Å². The number of piperidine rings is 1. The number of benzene rings is 2. The largest absolute Gasteiger partial charge is 0.357 e. The highest BCUT2D eigenvalue weighted by Gasteiger charge is 2.24. The molecule has 158 valence electrons. The van der Waals surface area contributed by atoms with E-state index in [0.717, 1.165) is 42.0 Å². The van der Waals surface area contributed by atoms with E-state index in [9.17, 15) is 8.78 Å². The molecule has 1 atom stereocenters. The van der Waals surface area contributed by atoms with Crippen molar-refractivity contribution in [3.63, 3.8) is 0 Å². The van der Waals surface area contributed by atoms with Gasteiger partial charge in [-0.05, 0) is 67.5 Å². The number of hydrogen-bond acceptors (Lipinski definition) is 3. The van der Waals surface area contributed by atoms with Crippen molar-refractivity contribution in [3.8, 4) is 11.1 Å². The van der Waals surface area contributed by atoms with Crippen LogP contribution >= 0.6 is 0 Å². The molecule has 1 unspecified atom stereocenters. The minimum absolute atomic E-state index is 0.0153. The van der Waals surface area contributed by atoms with E-state index in [0.29, 0.717) is 12.1 Å². The Bertz CT molecular complexity index is 1060. The second-order valence-electron chi connectivity index (χ2n) is 8.30. The fourth-order valence-electron chi connectivity index (χ4n) is 4.56. The van der Waals surface area contributed by atoms with Crippen LogP contribution in [0.25, 0.3) is 11.1 Å². The highest BCUT2D eigenvalue weighted by atomic mass is 19.1. The molecule has 31 heavy (non-hydrogen) atoms. The van der Waals surface area contributed by atoms with Gasteiger partial charge in [0, 0.05) is 30.6 Å². The summed E-state index contributed by atoms with van der Waals surface area (Å²) in [6.45, 7) is 2.17. The van der Waals surface area contributed by atoms with Crippen LogP contribution in [0.2, 0.25) is 0 Å². The number of pyridine rings is 1. The van der Waals surface area contributed by atoms with Crippen molar-refractivity contribution in [1.82, 2.24) is 4.98 Å². The summed E-state index contributed by atoms with van der Waals surface area (Å²) in [7, 11) is 0. The summed E-state index contributed by atoms with van der Waals surface area (Å²) in [5.74, 6) is -0.0428. The number of rotatable bonds is 4. The van der Waals surface area contributed by atoms with Crippen molar-refractivity contribution in [2.75, 3.05) is 18.0 Å². The van der Waals surface area contributed by atoms with E-state index < -0.39 is 11.6 Å². The van der Waals surface area contributed by atoms with E-state index in [2.05, 4.69) is 51.3 Å². The lowest BCUT2D eigenvalue weighted by Gasteiger charge is -2.27. The van der Waals surface area contributed by atoms with E-state index in [1.165, 1.54) is 37.5 Å². The van der Waals surface area contributed by atoms with Crippen LogP contribution < -0.4 is 4.90 Å². The maximum absolute atomic E-state index is 14.1. The van der Waals surface area contributed by atoms with Crippen LogP contribution in [0.15, 0.2) is 65.8 Å².